The van der Waals surface area contributed by atoms with Crippen LogP contribution in [0, 0.1) is 22.0 Å². The van der Waals surface area contributed by atoms with Crippen LogP contribution in [0.3, 0.4) is 0 Å². The van der Waals surface area contributed by atoms with E-state index in [4.69, 9.17) is 9.47 Å². The Morgan fingerprint density at radius 3 is 2.42 bits per heavy atom. The zero-order valence-electron chi connectivity index (χ0n) is 15.2. The summed E-state index contributed by atoms with van der Waals surface area (Å²) in [7, 11) is 0. The lowest BCUT2D eigenvalue weighted by Gasteiger charge is -2.25. The van der Waals surface area contributed by atoms with E-state index >= 15 is 0 Å². The van der Waals surface area contributed by atoms with E-state index in [1.165, 1.54) is 26.0 Å². The van der Waals surface area contributed by atoms with Gasteiger partial charge in [0.1, 0.15) is 12.4 Å². The highest BCUT2D eigenvalue weighted by Crippen LogP contribution is 2.17. The highest BCUT2D eigenvalue weighted by Gasteiger charge is 2.47. The Balaban J connectivity index is 2.93. The number of hydrogen-bond donors (Lipinski definition) is 1. The van der Waals surface area contributed by atoms with Crippen LogP contribution in [0.2, 0.25) is 0 Å². The van der Waals surface area contributed by atoms with Gasteiger partial charge in [-0.15, -0.1) is 5.92 Å². The highest BCUT2D eigenvalue weighted by atomic mass is 16.6. The molecule has 0 aliphatic rings. The van der Waals surface area contributed by atoms with Gasteiger partial charge in [0.2, 0.25) is 5.54 Å². The molecular formula is C18H22N2O6. The number of amides is 1. The zero-order valence-corrected chi connectivity index (χ0v) is 15.2. The maximum Gasteiger partial charge on any atom is 0.336 e. The number of nitrogens with zero attached hydrogens (tertiary/aromatic N) is 1. The minimum Gasteiger partial charge on any atom is -0.481 e. The van der Waals surface area contributed by atoms with Gasteiger partial charge in [0, 0.05) is 24.3 Å². The fourth-order valence-corrected chi connectivity index (χ4v) is 1.96. The van der Waals surface area contributed by atoms with E-state index in [1.807, 2.05) is 0 Å². The number of hydrogen-bond acceptors (Lipinski definition) is 6. The van der Waals surface area contributed by atoms with E-state index in [9.17, 15) is 19.7 Å². The van der Waals surface area contributed by atoms with Gasteiger partial charge in [-0.25, -0.2) is 4.79 Å². The van der Waals surface area contributed by atoms with Gasteiger partial charge >= 0.3 is 5.97 Å². The largest absolute Gasteiger partial charge is 0.481 e. The first-order valence-electron chi connectivity index (χ1n) is 7.98. The topological polar surface area (TPSA) is 108 Å². The Kier molecular flexibility index (Phi) is 7.59. The van der Waals surface area contributed by atoms with E-state index in [-0.39, 0.29) is 18.8 Å². The normalized spacial score (nSPS) is 11.5. The second-order valence-corrected chi connectivity index (χ2v) is 5.81. The average molecular weight is 362 g/mol. The zero-order chi connectivity index (χ0) is 19.7. The van der Waals surface area contributed by atoms with Crippen LogP contribution in [0.1, 0.15) is 38.1 Å². The summed E-state index contributed by atoms with van der Waals surface area (Å²) in [6.07, 6.45) is 0. The van der Waals surface area contributed by atoms with Crippen molar-refractivity contribution in [3.63, 3.8) is 0 Å². The van der Waals surface area contributed by atoms with Gasteiger partial charge in [0.25, 0.3) is 5.91 Å². The van der Waals surface area contributed by atoms with Crippen LogP contribution < -0.4 is 10.1 Å². The number of nitro groups is 1. The monoisotopic (exact) mass is 362 g/mol. The van der Waals surface area contributed by atoms with Crippen molar-refractivity contribution in [1.29, 1.82) is 0 Å². The van der Waals surface area contributed by atoms with Crippen molar-refractivity contribution in [3.05, 3.63) is 39.9 Å². The molecular weight excluding hydrogens is 340 g/mol. The lowest BCUT2D eigenvalue weighted by atomic mass is 9.95. The average Bonchev–Trinajstić information content (AvgIpc) is 2.60. The van der Waals surface area contributed by atoms with Crippen molar-refractivity contribution in [2.24, 2.45) is 0 Å². The van der Waals surface area contributed by atoms with E-state index in [0.717, 1.165) is 0 Å². The number of ether oxygens (including phenoxy) is 2. The first-order chi connectivity index (χ1) is 12.2. The first kappa shape index (κ1) is 21.0. The third kappa shape index (κ3) is 5.48. The van der Waals surface area contributed by atoms with Crippen LogP contribution in [0.4, 0.5) is 0 Å². The van der Waals surface area contributed by atoms with Crippen LogP contribution >= 0.6 is 0 Å². The number of esters is 1. The minimum absolute atomic E-state index is 0.0473. The Morgan fingerprint density at radius 1 is 1.31 bits per heavy atom. The van der Waals surface area contributed by atoms with Gasteiger partial charge < -0.3 is 14.8 Å². The summed E-state index contributed by atoms with van der Waals surface area (Å²) >= 11 is 0. The molecule has 0 saturated carbocycles. The number of carbonyl (C=O) groups is 2. The molecule has 1 amide bonds. The molecule has 140 valence electrons. The molecule has 0 unspecified atom stereocenters. The molecule has 0 bridgehead atoms. The van der Waals surface area contributed by atoms with Gasteiger partial charge in [-0.3, -0.25) is 14.9 Å². The molecule has 0 radical (unpaired) electrons. The molecule has 0 aromatic heterocycles. The minimum atomic E-state index is -1.73. The van der Waals surface area contributed by atoms with E-state index in [2.05, 4.69) is 17.2 Å². The highest BCUT2D eigenvalue weighted by molar-refractivity contribution is 5.97. The van der Waals surface area contributed by atoms with E-state index < -0.39 is 28.4 Å². The molecule has 8 heteroatoms. The van der Waals surface area contributed by atoms with Crippen molar-refractivity contribution in [2.75, 3.05) is 13.2 Å². The maximum atomic E-state index is 12.4. The molecule has 0 aliphatic heterocycles. The lowest BCUT2D eigenvalue weighted by molar-refractivity contribution is -0.562. The van der Waals surface area contributed by atoms with Crippen molar-refractivity contribution in [3.8, 4) is 17.6 Å². The molecule has 1 aromatic rings. The molecule has 1 rings (SSSR count). The summed E-state index contributed by atoms with van der Waals surface area (Å²) in [5, 5.41) is 13.7. The molecule has 26 heavy (non-hydrogen) atoms. The second-order valence-electron chi connectivity index (χ2n) is 5.81. The smallest absolute Gasteiger partial charge is 0.336 e. The SMILES string of the molecule is CC#CCOc1ccc(C(=O)N[C@H](C(=O)OCC)C(C)(C)[N+](=O)[O-])cc1. The van der Waals surface area contributed by atoms with Crippen LogP contribution in [0.25, 0.3) is 0 Å². The van der Waals surface area contributed by atoms with Gasteiger partial charge in [-0.2, -0.15) is 0 Å². The fourth-order valence-electron chi connectivity index (χ4n) is 1.96. The predicted octanol–water partition coefficient (Wildman–Crippen LogP) is 1.81. The molecule has 0 heterocycles. The Hall–Kier alpha value is -3.08. The van der Waals surface area contributed by atoms with Crippen molar-refractivity contribution in [1.82, 2.24) is 5.32 Å². The van der Waals surface area contributed by atoms with Crippen molar-refractivity contribution < 1.29 is 24.0 Å². The third-order valence-electron chi connectivity index (χ3n) is 3.58. The summed E-state index contributed by atoms with van der Waals surface area (Å²) in [4.78, 5) is 35.1. The van der Waals surface area contributed by atoms with Crippen LogP contribution in [0.15, 0.2) is 24.3 Å². The summed E-state index contributed by atoms with van der Waals surface area (Å²) in [6.45, 7) is 6.05. The number of carbonyl (C=O) groups excluding carboxylic acids is 2. The van der Waals surface area contributed by atoms with Crippen LogP contribution in [-0.2, 0) is 9.53 Å². The summed E-state index contributed by atoms with van der Waals surface area (Å²) < 4.78 is 10.2. The van der Waals surface area contributed by atoms with Gasteiger partial charge in [-0.05, 0) is 38.1 Å². The molecule has 1 aromatic carbocycles. The quantitative estimate of drug-likeness (QED) is 0.327. The molecule has 1 N–H and O–H groups in total. The van der Waals surface area contributed by atoms with Gasteiger partial charge in [0.05, 0.1) is 6.61 Å². The molecule has 0 aliphatic carbocycles. The number of benzene rings is 1. The molecule has 1 atom stereocenters. The van der Waals surface area contributed by atoms with E-state index in [1.54, 1.807) is 26.0 Å². The Bertz CT molecular complexity index is 715. The van der Waals surface area contributed by atoms with Gasteiger partial charge in [-0.1, -0.05) is 5.92 Å². The summed E-state index contributed by atoms with van der Waals surface area (Å²) in [5.74, 6) is 4.48. The standard InChI is InChI=1S/C18H22N2O6/c1-5-7-12-26-14-10-8-13(9-11-14)16(21)19-15(17(22)25-6-2)18(3,4)20(23)24/h8-11,15H,6,12H2,1-4H3,(H,19,21)/t15-/m1/s1. The number of nitrogens with one attached hydrogen (secondary N) is 1. The number of rotatable bonds is 8. The predicted molar refractivity (Wildman–Crippen MR) is 94.3 cm³/mol. The summed E-state index contributed by atoms with van der Waals surface area (Å²) in [5.41, 5.74) is -1.50. The third-order valence-corrected chi connectivity index (χ3v) is 3.58. The van der Waals surface area contributed by atoms with Crippen molar-refractivity contribution in [2.45, 2.75) is 39.3 Å². The summed E-state index contributed by atoms with van der Waals surface area (Å²) in [6, 6.07) is 4.70. The maximum absolute atomic E-state index is 12.4. The first-order valence-corrected chi connectivity index (χ1v) is 7.98. The van der Waals surface area contributed by atoms with Crippen molar-refractivity contribution >= 4 is 11.9 Å². The van der Waals surface area contributed by atoms with Gasteiger partial charge in [0.15, 0.2) is 6.04 Å². The molecule has 0 spiro atoms. The molecule has 0 fully saturated rings. The fraction of sp³-hybridized carbons (Fsp3) is 0.444. The molecule has 0 saturated heterocycles. The Morgan fingerprint density at radius 2 is 1.92 bits per heavy atom. The lowest BCUT2D eigenvalue weighted by Crippen LogP contribution is -2.58. The Labute approximate surface area is 152 Å². The second kappa shape index (κ2) is 9.42. The van der Waals surface area contributed by atoms with Crippen LogP contribution in [0.5, 0.6) is 5.75 Å². The van der Waals surface area contributed by atoms with E-state index in [0.29, 0.717) is 5.75 Å². The molecule has 8 nitrogen and oxygen atoms in total. The van der Waals surface area contributed by atoms with Crippen LogP contribution in [-0.4, -0.2) is 41.6 Å².